The topological polar surface area (TPSA) is 88.2 Å². The SMILES string of the molecule is Cc1noc2nc(-c3ccccc3)cc(C(=O)NCCCO)c12. The Morgan fingerprint density at radius 2 is 2.09 bits per heavy atom. The predicted molar refractivity (Wildman–Crippen MR) is 86.0 cm³/mol. The Hall–Kier alpha value is -2.73. The lowest BCUT2D eigenvalue weighted by Gasteiger charge is -2.07. The molecule has 0 atom stereocenters. The van der Waals surface area contributed by atoms with Crippen LogP contribution in [0.15, 0.2) is 40.9 Å². The van der Waals surface area contributed by atoms with E-state index in [9.17, 15) is 4.79 Å². The average Bonchev–Trinajstić information content (AvgIpc) is 2.96. The quantitative estimate of drug-likeness (QED) is 0.706. The molecular weight excluding hydrogens is 294 g/mol. The van der Waals surface area contributed by atoms with Crippen LogP contribution in [0.1, 0.15) is 22.5 Å². The highest BCUT2D eigenvalue weighted by Gasteiger charge is 2.18. The van der Waals surface area contributed by atoms with Gasteiger partial charge in [0, 0.05) is 18.7 Å². The van der Waals surface area contributed by atoms with Crippen LogP contribution in [0.3, 0.4) is 0 Å². The standard InChI is InChI=1S/C17H17N3O3/c1-11-15-13(16(22)18-8-5-9-21)10-14(19-17(15)23-20-11)12-6-3-2-4-7-12/h2-4,6-7,10,21H,5,8-9H2,1H3,(H,18,22). The van der Waals surface area contributed by atoms with Crippen molar-refractivity contribution in [2.45, 2.75) is 13.3 Å². The summed E-state index contributed by atoms with van der Waals surface area (Å²) in [5.74, 6) is -0.227. The van der Waals surface area contributed by atoms with Gasteiger partial charge in [-0.15, -0.1) is 0 Å². The molecule has 0 spiro atoms. The van der Waals surface area contributed by atoms with E-state index in [1.807, 2.05) is 30.3 Å². The summed E-state index contributed by atoms with van der Waals surface area (Å²) in [4.78, 5) is 16.9. The number of carbonyl (C=O) groups excluding carboxylic acids is 1. The highest BCUT2D eigenvalue weighted by atomic mass is 16.5. The number of rotatable bonds is 5. The largest absolute Gasteiger partial charge is 0.396 e. The van der Waals surface area contributed by atoms with Crippen molar-refractivity contribution in [2.24, 2.45) is 0 Å². The molecule has 118 valence electrons. The minimum absolute atomic E-state index is 0.0353. The van der Waals surface area contributed by atoms with E-state index < -0.39 is 0 Å². The number of benzene rings is 1. The van der Waals surface area contributed by atoms with Crippen molar-refractivity contribution in [1.29, 1.82) is 0 Å². The van der Waals surface area contributed by atoms with E-state index in [4.69, 9.17) is 9.63 Å². The molecule has 2 heterocycles. The van der Waals surface area contributed by atoms with Crippen LogP contribution in [0.4, 0.5) is 0 Å². The van der Waals surface area contributed by atoms with Gasteiger partial charge in [-0.3, -0.25) is 4.79 Å². The lowest BCUT2D eigenvalue weighted by Crippen LogP contribution is -2.25. The molecule has 0 fully saturated rings. The number of aromatic nitrogens is 2. The van der Waals surface area contributed by atoms with Gasteiger partial charge in [-0.25, -0.2) is 4.98 Å². The Balaban J connectivity index is 2.07. The van der Waals surface area contributed by atoms with Crippen molar-refractivity contribution in [2.75, 3.05) is 13.2 Å². The van der Waals surface area contributed by atoms with Crippen molar-refractivity contribution in [3.63, 3.8) is 0 Å². The Kier molecular flexibility index (Phi) is 4.34. The van der Waals surface area contributed by atoms with Crippen molar-refractivity contribution in [3.05, 3.63) is 47.7 Å². The average molecular weight is 311 g/mol. The van der Waals surface area contributed by atoms with E-state index in [1.165, 1.54) is 0 Å². The first-order chi connectivity index (χ1) is 11.2. The molecule has 2 aromatic heterocycles. The molecule has 3 rings (SSSR count). The van der Waals surface area contributed by atoms with Gasteiger partial charge in [0.1, 0.15) is 0 Å². The maximum absolute atomic E-state index is 12.5. The number of hydrogen-bond donors (Lipinski definition) is 2. The predicted octanol–water partition coefficient (Wildman–Crippen LogP) is 2.31. The molecule has 23 heavy (non-hydrogen) atoms. The molecular formula is C17H17N3O3. The molecule has 0 aliphatic heterocycles. The van der Waals surface area contributed by atoms with Crippen LogP contribution in [0, 0.1) is 6.92 Å². The van der Waals surface area contributed by atoms with E-state index in [0.29, 0.717) is 41.0 Å². The van der Waals surface area contributed by atoms with Crippen LogP contribution < -0.4 is 5.32 Å². The van der Waals surface area contributed by atoms with E-state index in [0.717, 1.165) is 5.56 Å². The van der Waals surface area contributed by atoms with E-state index >= 15 is 0 Å². The molecule has 0 bridgehead atoms. The third-order valence-corrected chi connectivity index (χ3v) is 3.55. The third-order valence-electron chi connectivity index (χ3n) is 3.55. The summed E-state index contributed by atoms with van der Waals surface area (Å²) in [5, 5.41) is 16.2. The zero-order chi connectivity index (χ0) is 16.2. The van der Waals surface area contributed by atoms with Gasteiger partial charge in [-0.2, -0.15) is 0 Å². The fraction of sp³-hybridized carbons (Fsp3) is 0.235. The number of nitrogens with zero attached hydrogens (tertiary/aromatic N) is 2. The molecule has 0 aliphatic rings. The lowest BCUT2D eigenvalue weighted by molar-refractivity contribution is 0.0952. The second kappa shape index (κ2) is 6.58. The molecule has 0 aliphatic carbocycles. The normalized spacial score (nSPS) is 10.9. The van der Waals surface area contributed by atoms with Crippen molar-refractivity contribution in [1.82, 2.24) is 15.5 Å². The van der Waals surface area contributed by atoms with Crippen molar-refractivity contribution >= 4 is 17.0 Å². The molecule has 6 nitrogen and oxygen atoms in total. The molecule has 3 aromatic rings. The Labute approximate surface area is 133 Å². The molecule has 6 heteroatoms. The van der Waals surface area contributed by atoms with Crippen LogP contribution in [0.25, 0.3) is 22.4 Å². The van der Waals surface area contributed by atoms with Crippen molar-refractivity contribution < 1.29 is 14.4 Å². The van der Waals surface area contributed by atoms with Gasteiger partial charge in [0.05, 0.1) is 22.3 Å². The summed E-state index contributed by atoms with van der Waals surface area (Å²) in [6.45, 7) is 2.22. The summed E-state index contributed by atoms with van der Waals surface area (Å²) in [6.07, 6.45) is 0.508. The number of aliphatic hydroxyl groups is 1. The molecule has 0 saturated heterocycles. The molecule has 2 N–H and O–H groups in total. The Bertz CT molecular complexity index is 828. The first-order valence-corrected chi connectivity index (χ1v) is 7.42. The van der Waals surface area contributed by atoms with Crippen LogP contribution in [-0.2, 0) is 0 Å². The maximum atomic E-state index is 12.5. The summed E-state index contributed by atoms with van der Waals surface area (Å²) in [7, 11) is 0. The Morgan fingerprint density at radius 1 is 1.30 bits per heavy atom. The second-order valence-corrected chi connectivity index (χ2v) is 5.20. The number of pyridine rings is 1. The fourth-order valence-electron chi connectivity index (χ4n) is 2.41. The molecule has 0 unspecified atom stereocenters. The summed E-state index contributed by atoms with van der Waals surface area (Å²) < 4.78 is 5.25. The van der Waals surface area contributed by atoms with E-state index in [2.05, 4.69) is 15.5 Å². The summed E-state index contributed by atoms with van der Waals surface area (Å²) >= 11 is 0. The summed E-state index contributed by atoms with van der Waals surface area (Å²) in [5.41, 5.74) is 3.00. The van der Waals surface area contributed by atoms with Gasteiger partial charge in [0.15, 0.2) is 0 Å². The van der Waals surface area contributed by atoms with Crippen LogP contribution in [-0.4, -0.2) is 34.3 Å². The number of nitrogens with one attached hydrogen (secondary N) is 1. The molecule has 1 amide bonds. The highest BCUT2D eigenvalue weighted by molar-refractivity contribution is 6.06. The van der Waals surface area contributed by atoms with Gasteiger partial charge >= 0.3 is 0 Å². The fourth-order valence-corrected chi connectivity index (χ4v) is 2.41. The molecule has 0 radical (unpaired) electrons. The number of carbonyl (C=O) groups is 1. The first-order valence-electron chi connectivity index (χ1n) is 7.42. The number of fused-ring (bicyclic) bond motifs is 1. The lowest BCUT2D eigenvalue weighted by atomic mass is 10.1. The minimum atomic E-state index is -0.227. The first kappa shape index (κ1) is 15.2. The van der Waals surface area contributed by atoms with Gasteiger partial charge in [0.25, 0.3) is 11.6 Å². The number of hydrogen-bond acceptors (Lipinski definition) is 5. The third kappa shape index (κ3) is 3.07. The van der Waals surface area contributed by atoms with Crippen LogP contribution >= 0.6 is 0 Å². The highest BCUT2D eigenvalue weighted by Crippen LogP contribution is 2.26. The monoisotopic (exact) mass is 311 g/mol. The number of aryl methyl sites for hydroxylation is 1. The number of aliphatic hydroxyl groups excluding tert-OH is 1. The zero-order valence-corrected chi connectivity index (χ0v) is 12.7. The van der Waals surface area contributed by atoms with Crippen molar-refractivity contribution in [3.8, 4) is 11.3 Å². The van der Waals surface area contributed by atoms with Gasteiger partial charge < -0.3 is 14.9 Å². The van der Waals surface area contributed by atoms with Crippen LogP contribution in [0.5, 0.6) is 0 Å². The van der Waals surface area contributed by atoms with E-state index in [-0.39, 0.29) is 12.5 Å². The minimum Gasteiger partial charge on any atom is -0.396 e. The maximum Gasteiger partial charge on any atom is 0.259 e. The van der Waals surface area contributed by atoms with E-state index in [1.54, 1.807) is 13.0 Å². The number of amides is 1. The van der Waals surface area contributed by atoms with Gasteiger partial charge in [-0.1, -0.05) is 35.5 Å². The second-order valence-electron chi connectivity index (χ2n) is 5.20. The summed E-state index contributed by atoms with van der Waals surface area (Å²) in [6, 6.07) is 11.3. The zero-order valence-electron chi connectivity index (χ0n) is 12.7. The molecule has 1 aromatic carbocycles. The Morgan fingerprint density at radius 3 is 2.83 bits per heavy atom. The van der Waals surface area contributed by atoms with Gasteiger partial charge in [0.2, 0.25) is 0 Å². The van der Waals surface area contributed by atoms with Crippen LogP contribution in [0.2, 0.25) is 0 Å². The van der Waals surface area contributed by atoms with Gasteiger partial charge in [-0.05, 0) is 19.4 Å². The smallest absolute Gasteiger partial charge is 0.259 e. The molecule has 0 saturated carbocycles.